The zero-order valence-corrected chi connectivity index (χ0v) is 16.9. The number of hydrogen-bond donors (Lipinski definition) is 1. The van der Waals surface area contributed by atoms with Gasteiger partial charge in [0.15, 0.2) is 0 Å². The van der Waals surface area contributed by atoms with E-state index in [2.05, 4.69) is 15.1 Å². The fourth-order valence-corrected chi connectivity index (χ4v) is 3.83. The molecule has 1 aromatic rings. The second-order valence-electron chi connectivity index (χ2n) is 7.48. The number of piperazine rings is 1. The number of carbonyl (C=O) groups excluding carboxylic acids is 2. The van der Waals surface area contributed by atoms with Gasteiger partial charge in [0.25, 0.3) is 0 Å². The van der Waals surface area contributed by atoms with Crippen LogP contribution in [0.3, 0.4) is 0 Å². The molecule has 2 aliphatic rings. The highest BCUT2D eigenvalue weighted by molar-refractivity contribution is 6.30. The van der Waals surface area contributed by atoms with E-state index in [0.717, 1.165) is 52.1 Å². The molecule has 0 unspecified atom stereocenters. The third-order valence-corrected chi connectivity index (χ3v) is 5.63. The molecule has 28 heavy (non-hydrogen) atoms. The zero-order valence-electron chi connectivity index (χ0n) is 16.1. The Morgan fingerprint density at radius 2 is 1.68 bits per heavy atom. The van der Waals surface area contributed by atoms with Gasteiger partial charge in [-0.25, -0.2) is 4.39 Å². The maximum atomic E-state index is 13.7. The van der Waals surface area contributed by atoms with Crippen LogP contribution >= 0.6 is 11.6 Å². The fourth-order valence-electron chi connectivity index (χ4n) is 3.67. The smallest absolute Gasteiger partial charge is 0.236 e. The van der Waals surface area contributed by atoms with Crippen LogP contribution in [0.5, 0.6) is 0 Å². The largest absolute Gasteiger partial charge is 0.342 e. The Morgan fingerprint density at radius 1 is 1.00 bits per heavy atom. The van der Waals surface area contributed by atoms with E-state index >= 15 is 0 Å². The predicted octanol–water partition coefficient (Wildman–Crippen LogP) is 2.44. The standard InChI is InChI=1S/C20H28ClFN4O2/c21-16-4-5-18(17(22)14-16)23-19(27)6-9-24-10-12-25(13-11-24)15-20(28)26-7-2-1-3-8-26/h4-5,14H,1-3,6-13,15H2,(H,23,27). The lowest BCUT2D eigenvalue weighted by Crippen LogP contribution is -2.51. The first-order valence-corrected chi connectivity index (χ1v) is 10.4. The topological polar surface area (TPSA) is 55.9 Å². The highest BCUT2D eigenvalue weighted by Gasteiger charge is 2.23. The van der Waals surface area contributed by atoms with Crippen LogP contribution in [-0.2, 0) is 9.59 Å². The first-order valence-electron chi connectivity index (χ1n) is 9.98. The molecule has 0 atom stereocenters. The number of likely N-dealkylation sites (tertiary alicyclic amines) is 1. The van der Waals surface area contributed by atoms with Gasteiger partial charge in [0.1, 0.15) is 5.82 Å². The molecule has 6 nitrogen and oxygen atoms in total. The first-order chi connectivity index (χ1) is 13.5. The fraction of sp³-hybridized carbons (Fsp3) is 0.600. The number of amides is 2. The van der Waals surface area contributed by atoms with Crippen LogP contribution in [0.15, 0.2) is 18.2 Å². The number of anilines is 1. The highest BCUT2D eigenvalue weighted by atomic mass is 35.5. The number of piperidine rings is 1. The minimum atomic E-state index is -0.534. The lowest BCUT2D eigenvalue weighted by atomic mass is 10.1. The van der Waals surface area contributed by atoms with Crippen molar-refractivity contribution in [2.45, 2.75) is 25.7 Å². The highest BCUT2D eigenvalue weighted by Crippen LogP contribution is 2.19. The molecule has 2 fully saturated rings. The van der Waals surface area contributed by atoms with Gasteiger partial charge in [-0.3, -0.25) is 14.5 Å². The Labute approximate surface area is 170 Å². The Kier molecular flexibility index (Phi) is 7.65. The molecule has 1 N–H and O–H groups in total. The number of hydrogen-bond acceptors (Lipinski definition) is 4. The van der Waals surface area contributed by atoms with Crippen molar-refractivity contribution in [3.8, 4) is 0 Å². The zero-order chi connectivity index (χ0) is 19.9. The quantitative estimate of drug-likeness (QED) is 0.782. The van der Waals surface area contributed by atoms with Gasteiger partial charge in [-0.05, 0) is 37.5 Å². The molecular formula is C20H28ClFN4O2. The van der Waals surface area contributed by atoms with Gasteiger partial charge in [-0.1, -0.05) is 11.6 Å². The van der Waals surface area contributed by atoms with Crippen LogP contribution in [-0.4, -0.2) is 78.9 Å². The molecule has 0 aliphatic carbocycles. The summed E-state index contributed by atoms with van der Waals surface area (Å²) in [5, 5.41) is 2.89. The lowest BCUT2D eigenvalue weighted by Gasteiger charge is -2.36. The van der Waals surface area contributed by atoms with Crippen molar-refractivity contribution in [3.63, 3.8) is 0 Å². The van der Waals surface area contributed by atoms with Crippen LogP contribution in [0.25, 0.3) is 0 Å². The normalized spacial score (nSPS) is 18.9. The maximum Gasteiger partial charge on any atom is 0.236 e. The van der Waals surface area contributed by atoms with Gasteiger partial charge in [0.2, 0.25) is 11.8 Å². The average Bonchev–Trinajstić information content (AvgIpc) is 2.70. The monoisotopic (exact) mass is 410 g/mol. The van der Waals surface area contributed by atoms with Crippen molar-refractivity contribution in [1.29, 1.82) is 0 Å². The van der Waals surface area contributed by atoms with E-state index in [1.807, 2.05) is 4.90 Å². The summed E-state index contributed by atoms with van der Waals surface area (Å²) in [7, 11) is 0. The van der Waals surface area contributed by atoms with Crippen molar-refractivity contribution in [1.82, 2.24) is 14.7 Å². The number of nitrogens with zero attached hydrogens (tertiary/aromatic N) is 3. The minimum absolute atomic E-state index is 0.149. The number of nitrogens with one attached hydrogen (secondary N) is 1. The van der Waals surface area contributed by atoms with Crippen LogP contribution in [0.1, 0.15) is 25.7 Å². The van der Waals surface area contributed by atoms with Crippen LogP contribution in [0.2, 0.25) is 5.02 Å². The molecule has 0 radical (unpaired) electrons. The van der Waals surface area contributed by atoms with Gasteiger partial charge in [0.05, 0.1) is 12.2 Å². The predicted molar refractivity (Wildman–Crippen MR) is 108 cm³/mol. The second kappa shape index (κ2) is 10.2. The number of benzene rings is 1. The van der Waals surface area contributed by atoms with E-state index < -0.39 is 5.82 Å². The van der Waals surface area contributed by atoms with Crippen molar-refractivity contribution in [2.75, 3.05) is 57.7 Å². The Balaban J connectivity index is 1.35. The van der Waals surface area contributed by atoms with Crippen molar-refractivity contribution >= 4 is 29.1 Å². The first kappa shape index (κ1) is 21.0. The van der Waals surface area contributed by atoms with Crippen LogP contribution in [0, 0.1) is 5.82 Å². The van der Waals surface area contributed by atoms with Gasteiger partial charge >= 0.3 is 0 Å². The minimum Gasteiger partial charge on any atom is -0.342 e. The Hall–Kier alpha value is -1.70. The summed E-state index contributed by atoms with van der Waals surface area (Å²) in [6.07, 6.45) is 3.75. The summed E-state index contributed by atoms with van der Waals surface area (Å²) in [5.74, 6) is -0.519. The van der Waals surface area contributed by atoms with Crippen molar-refractivity contribution < 1.29 is 14.0 Å². The second-order valence-corrected chi connectivity index (χ2v) is 7.92. The van der Waals surface area contributed by atoms with E-state index in [-0.39, 0.29) is 17.5 Å². The molecule has 2 heterocycles. The van der Waals surface area contributed by atoms with Crippen LogP contribution < -0.4 is 5.32 Å². The molecule has 0 aromatic heterocycles. The molecule has 2 saturated heterocycles. The molecule has 154 valence electrons. The molecule has 0 saturated carbocycles. The summed E-state index contributed by atoms with van der Waals surface area (Å²) >= 11 is 5.72. The van der Waals surface area contributed by atoms with Crippen molar-refractivity contribution in [3.05, 3.63) is 29.0 Å². The van der Waals surface area contributed by atoms with E-state index in [4.69, 9.17) is 11.6 Å². The van der Waals surface area contributed by atoms with Gasteiger partial charge in [0, 0.05) is 57.3 Å². The van der Waals surface area contributed by atoms with E-state index in [1.54, 1.807) is 6.07 Å². The molecule has 2 amide bonds. The van der Waals surface area contributed by atoms with Gasteiger partial charge in [-0.2, -0.15) is 0 Å². The SMILES string of the molecule is O=C(CCN1CCN(CC(=O)N2CCCCC2)CC1)Nc1ccc(Cl)cc1F. The summed E-state index contributed by atoms with van der Waals surface area (Å²) in [6, 6.07) is 4.19. The maximum absolute atomic E-state index is 13.7. The number of carbonyl (C=O) groups is 2. The van der Waals surface area contributed by atoms with Crippen molar-refractivity contribution in [2.24, 2.45) is 0 Å². The Morgan fingerprint density at radius 3 is 2.36 bits per heavy atom. The summed E-state index contributed by atoms with van der Waals surface area (Å²) in [5.41, 5.74) is 0.149. The van der Waals surface area contributed by atoms with Gasteiger partial charge in [-0.15, -0.1) is 0 Å². The summed E-state index contributed by atoms with van der Waals surface area (Å²) in [4.78, 5) is 30.8. The molecule has 3 rings (SSSR count). The summed E-state index contributed by atoms with van der Waals surface area (Å²) in [6.45, 7) is 6.20. The third kappa shape index (κ3) is 6.15. The number of rotatable bonds is 6. The number of halogens is 2. The van der Waals surface area contributed by atoms with E-state index in [1.165, 1.54) is 18.6 Å². The average molecular weight is 411 g/mol. The molecule has 0 spiro atoms. The molecule has 0 bridgehead atoms. The Bertz CT molecular complexity index is 689. The molecule has 1 aromatic carbocycles. The van der Waals surface area contributed by atoms with E-state index in [0.29, 0.717) is 24.5 Å². The molecular weight excluding hydrogens is 383 g/mol. The summed E-state index contributed by atoms with van der Waals surface area (Å²) < 4.78 is 13.7. The van der Waals surface area contributed by atoms with E-state index in [9.17, 15) is 14.0 Å². The van der Waals surface area contributed by atoms with Crippen LogP contribution in [0.4, 0.5) is 10.1 Å². The molecule has 2 aliphatic heterocycles. The molecule has 8 heteroatoms. The third-order valence-electron chi connectivity index (χ3n) is 5.39. The lowest BCUT2D eigenvalue weighted by molar-refractivity contribution is -0.133. The van der Waals surface area contributed by atoms with Gasteiger partial charge < -0.3 is 15.1 Å².